The van der Waals surface area contributed by atoms with Crippen LogP contribution in [-0.2, 0) is 9.53 Å². The number of aryl methyl sites for hydroxylation is 3. The second-order valence-corrected chi connectivity index (χ2v) is 6.29. The van der Waals surface area contributed by atoms with Crippen LogP contribution in [-0.4, -0.2) is 23.5 Å². The van der Waals surface area contributed by atoms with E-state index < -0.39 is 5.97 Å². The maximum atomic E-state index is 12.2. The molecule has 0 atom stereocenters. The maximum absolute atomic E-state index is 12.2. The van der Waals surface area contributed by atoms with E-state index in [0.717, 1.165) is 27.8 Å². The highest BCUT2D eigenvalue weighted by Crippen LogP contribution is 2.21. The molecule has 0 saturated heterocycles. The van der Waals surface area contributed by atoms with Gasteiger partial charge in [0.15, 0.2) is 6.61 Å². The van der Waals surface area contributed by atoms with Crippen molar-refractivity contribution in [3.8, 4) is 0 Å². The number of ether oxygens (including phenoxy) is 1. The first kappa shape index (κ1) is 17.6. The number of esters is 1. The van der Waals surface area contributed by atoms with Gasteiger partial charge in [-0.25, -0.2) is 9.78 Å². The van der Waals surface area contributed by atoms with E-state index in [2.05, 4.69) is 10.3 Å². The number of pyridine rings is 1. The predicted molar refractivity (Wildman–Crippen MR) is 101 cm³/mol. The average Bonchev–Trinajstić information content (AvgIpc) is 2.62. The number of hydrogen-bond donors (Lipinski definition) is 1. The molecule has 3 rings (SSSR count). The molecule has 2 aromatic carbocycles. The third-order valence-electron chi connectivity index (χ3n) is 4.08. The highest BCUT2D eigenvalue weighted by Gasteiger charge is 2.14. The number of para-hydroxylation sites is 1. The summed E-state index contributed by atoms with van der Waals surface area (Å²) in [7, 11) is 0. The van der Waals surface area contributed by atoms with Gasteiger partial charge in [-0.05, 0) is 44.0 Å². The predicted octanol–water partition coefficient (Wildman–Crippen LogP) is 3.96. The van der Waals surface area contributed by atoms with E-state index >= 15 is 0 Å². The SMILES string of the molecule is Cc1cc(C)c(NC(=O)COC(=O)c2ccc3ccccc3n2)c(C)c1. The third-order valence-corrected chi connectivity index (χ3v) is 4.08. The Hall–Kier alpha value is -3.21. The summed E-state index contributed by atoms with van der Waals surface area (Å²) in [5.41, 5.74) is 4.71. The molecule has 0 aliphatic carbocycles. The van der Waals surface area contributed by atoms with Crippen molar-refractivity contribution in [2.75, 3.05) is 11.9 Å². The number of nitrogens with one attached hydrogen (secondary N) is 1. The first-order chi connectivity index (χ1) is 12.4. The number of rotatable bonds is 4. The molecule has 0 unspecified atom stereocenters. The summed E-state index contributed by atoms with van der Waals surface area (Å²) in [6, 6.07) is 14.9. The van der Waals surface area contributed by atoms with Crippen LogP contribution in [0.2, 0.25) is 0 Å². The molecule has 26 heavy (non-hydrogen) atoms. The smallest absolute Gasteiger partial charge is 0.357 e. The molecule has 0 bridgehead atoms. The zero-order valence-electron chi connectivity index (χ0n) is 15.0. The summed E-state index contributed by atoms with van der Waals surface area (Å²) in [4.78, 5) is 28.6. The largest absolute Gasteiger partial charge is 0.451 e. The number of anilines is 1. The van der Waals surface area contributed by atoms with Gasteiger partial charge in [-0.1, -0.05) is 42.0 Å². The highest BCUT2D eigenvalue weighted by molar-refractivity contribution is 5.96. The Kier molecular flexibility index (Phi) is 4.98. The van der Waals surface area contributed by atoms with Crippen molar-refractivity contribution in [2.45, 2.75) is 20.8 Å². The molecule has 0 radical (unpaired) electrons. The van der Waals surface area contributed by atoms with E-state index in [1.165, 1.54) is 0 Å². The van der Waals surface area contributed by atoms with E-state index in [-0.39, 0.29) is 18.2 Å². The Morgan fingerprint density at radius 3 is 2.42 bits per heavy atom. The summed E-state index contributed by atoms with van der Waals surface area (Å²) in [6.45, 7) is 5.51. The van der Waals surface area contributed by atoms with E-state index in [1.54, 1.807) is 12.1 Å². The van der Waals surface area contributed by atoms with Crippen LogP contribution in [0.1, 0.15) is 27.2 Å². The minimum atomic E-state index is -0.622. The topological polar surface area (TPSA) is 68.3 Å². The number of carbonyl (C=O) groups is 2. The quantitative estimate of drug-likeness (QED) is 0.725. The lowest BCUT2D eigenvalue weighted by molar-refractivity contribution is -0.119. The molecule has 1 N–H and O–H groups in total. The molecule has 1 amide bonds. The fourth-order valence-corrected chi connectivity index (χ4v) is 2.94. The van der Waals surface area contributed by atoms with Crippen molar-refractivity contribution in [1.29, 1.82) is 0 Å². The van der Waals surface area contributed by atoms with Crippen LogP contribution in [0, 0.1) is 20.8 Å². The number of hydrogen-bond acceptors (Lipinski definition) is 4. The van der Waals surface area contributed by atoms with Crippen LogP contribution in [0.15, 0.2) is 48.5 Å². The first-order valence-corrected chi connectivity index (χ1v) is 8.34. The Balaban J connectivity index is 1.64. The summed E-state index contributed by atoms with van der Waals surface area (Å²) < 4.78 is 5.10. The Morgan fingerprint density at radius 2 is 1.69 bits per heavy atom. The van der Waals surface area contributed by atoms with Crippen molar-refractivity contribution in [3.05, 3.63) is 70.9 Å². The monoisotopic (exact) mass is 348 g/mol. The Bertz CT molecular complexity index is 972. The van der Waals surface area contributed by atoms with Gasteiger partial charge in [0.25, 0.3) is 5.91 Å². The summed E-state index contributed by atoms with van der Waals surface area (Å²) in [5, 5.41) is 3.74. The molecule has 5 heteroatoms. The molecular weight excluding hydrogens is 328 g/mol. The summed E-state index contributed by atoms with van der Waals surface area (Å²) in [6.07, 6.45) is 0. The van der Waals surface area contributed by atoms with Gasteiger partial charge in [0.05, 0.1) is 5.52 Å². The van der Waals surface area contributed by atoms with Crippen LogP contribution in [0.25, 0.3) is 10.9 Å². The summed E-state index contributed by atoms with van der Waals surface area (Å²) in [5.74, 6) is -1.00. The van der Waals surface area contributed by atoms with Crippen LogP contribution in [0.3, 0.4) is 0 Å². The number of aromatic nitrogens is 1. The molecule has 0 aliphatic heterocycles. The Morgan fingerprint density at radius 1 is 1.00 bits per heavy atom. The van der Waals surface area contributed by atoms with E-state index in [9.17, 15) is 9.59 Å². The third kappa shape index (κ3) is 3.88. The molecular formula is C21H20N2O3. The summed E-state index contributed by atoms with van der Waals surface area (Å²) >= 11 is 0. The van der Waals surface area contributed by atoms with Gasteiger partial charge >= 0.3 is 5.97 Å². The van der Waals surface area contributed by atoms with Crippen molar-refractivity contribution in [1.82, 2.24) is 4.98 Å². The molecule has 0 saturated carbocycles. The van der Waals surface area contributed by atoms with Gasteiger partial charge in [-0.2, -0.15) is 0 Å². The molecule has 0 aliphatic rings. The van der Waals surface area contributed by atoms with Crippen molar-refractivity contribution < 1.29 is 14.3 Å². The van der Waals surface area contributed by atoms with Crippen molar-refractivity contribution >= 4 is 28.5 Å². The van der Waals surface area contributed by atoms with Gasteiger partial charge in [-0.3, -0.25) is 4.79 Å². The lowest BCUT2D eigenvalue weighted by Gasteiger charge is -2.13. The first-order valence-electron chi connectivity index (χ1n) is 8.34. The molecule has 5 nitrogen and oxygen atoms in total. The number of nitrogens with zero attached hydrogens (tertiary/aromatic N) is 1. The minimum Gasteiger partial charge on any atom is -0.451 e. The van der Waals surface area contributed by atoms with Gasteiger partial charge in [0, 0.05) is 11.1 Å². The lowest BCUT2D eigenvalue weighted by Crippen LogP contribution is -2.22. The van der Waals surface area contributed by atoms with Crippen molar-refractivity contribution in [2.24, 2.45) is 0 Å². The minimum absolute atomic E-state index is 0.180. The molecule has 0 fully saturated rings. The standard InChI is InChI=1S/C21H20N2O3/c1-13-10-14(2)20(15(3)11-13)23-19(24)12-26-21(25)18-9-8-16-6-4-5-7-17(16)22-18/h4-11H,12H2,1-3H3,(H,23,24). The number of carbonyl (C=O) groups excluding carboxylic acids is 2. The molecule has 0 spiro atoms. The van der Waals surface area contributed by atoms with Crippen LogP contribution >= 0.6 is 0 Å². The van der Waals surface area contributed by atoms with Crippen LogP contribution in [0.4, 0.5) is 5.69 Å². The normalized spacial score (nSPS) is 10.6. The zero-order valence-corrected chi connectivity index (χ0v) is 15.0. The Labute approximate surface area is 152 Å². The lowest BCUT2D eigenvalue weighted by atomic mass is 10.1. The fraction of sp³-hybridized carbons (Fsp3) is 0.190. The highest BCUT2D eigenvalue weighted by atomic mass is 16.5. The number of fused-ring (bicyclic) bond motifs is 1. The zero-order chi connectivity index (χ0) is 18.7. The van der Waals surface area contributed by atoms with Gasteiger partial charge in [0.1, 0.15) is 5.69 Å². The molecule has 3 aromatic rings. The van der Waals surface area contributed by atoms with E-state index in [1.807, 2.05) is 57.2 Å². The van der Waals surface area contributed by atoms with Crippen LogP contribution in [0.5, 0.6) is 0 Å². The second-order valence-electron chi connectivity index (χ2n) is 6.29. The molecule has 1 aromatic heterocycles. The number of amides is 1. The van der Waals surface area contributed by atoms with Gasteiger partial charge in [0.2, 0.25) is 0 Å². The van der Waals surface area contributed by atoms with Gasteiger partial charge < -0.3 is 10.1 Å². The van der Waals surface area contributed by atoms with Crippen LogP contribution < -0.4 is 5.32 Å². The van der Waals surface area contributed by atoms with E-state index in [4.69, 9.17) is 4.74 Å². The molecule has 1 heterocycles. The molecule has 132 valence electrons. The number of benzene rings is 2. The van der Waals surface area contributed by atoms with Gasteiger partial charge in [-0.15, -0.1) is 0 Å². The fourth-order valence-electron chi connectivity index (χ4n) is 2.94. The maximum Gasteiger partial charge on any atom is 0.357 e. The average molecular weight is 348 g/mol. The second kappa shape index (κ2) is 7.35. The van der Waals surface area contributed by atoms with Crippen molar-refractivity contribution in [3.63, 3.8) is 0 Å². The van der Waals surface area contributed by atoms with E-state index in [0.29, 0.717) is 5.52 Å².